The number of aromatic nitrogens is 1. The van der Waals surface area contributed by atoms with Crippen LogP contribution in [0.15, 0.2) is 34.8 Å². The Morgan fingerprint density at radius 1 is 1.50 bits per heavy atom. The van der Waals surface area contributed by atoms with Crippen LogP contribution in [0.4, 0.5) is 5.69 Å². The lowest BCUT2D eigenvalue weighted by Gasteiger charge is -2.10. The molecule has 0 aliphatic carbocycles. The monoisotopic (exact) mass is 292 g/mol. The number of nitrogens with zero attached hydrogens (tertiary/aromatic N) is 2. The molecule has 0 spiro atoms. The molecule has 2 rings (SSSR count). The molecule has 6 heteroatoms. The summed E-state index contributed by atoms with van der Waals surface area (Å²) in [6, 6.07) is 5.28. The average molecular weight is 292 g/mol. The van der Waals surface area contributed by atoms with Crippen LogP contribution in [-0.4, -0.2) is 22.8 Å². The molecule has 2 aromatic rings. The first kappa shape index (κ1) is 14.3. The quantitative estimate of drug-likeness (QED) is 0.941. The number of carboxylic acid groups (broad SMARTS) is 1. The van der Waals surface area contributed by atoms with Crippen LogP contribution in [0.3, 0.4) is 0 Å². The van der Waals surface area contributed by atoms with Crippen LogP contribution >= 0.6 is 11.3 Å². The highest BCUT2D eigenvalue weighted by Crippen LogP contribution is 2.30. The van der Waals surface area contributed by atoms with Gasteiger partial charge in [-0.05, 0) is 24.6 Å². The van der Waals surface area contributed by atoms with E-state index in [0.29, 0.717) is 17.0 Å². The lowest BCUT2D eigenvalue weighted by Crippen LogP contribution is -2.09. The second kappa shape index (κ2) is 5.92. The summed E-state index contributed by atoms with van der Waals surface area (Å²) in [7, 11) is 3.47. The van der Waals surface area contributed by atoms with Crippen molar-refractivity contribution in [2.24, 2.45) is 12.0 Å². The number of aliphatic carboxylic acids is 1. The number of thiazole rings is 1. The molecule has 1 aromatic carbocycles. The third-order valence-electron chi connectivity index (χ3n) is 3.05. The Labute approximate surface area is 120 Å². The van der Waals surface area contributed by atoms with E-state index in [-0.39, 0.29) is 0 Å². The van der Waals surface area contributed by atoms with Crippen molar-refractivity contribution in [3.63, 3.8) is 0 Å². The third-order valence-corrected chi connectivity index (χ3v) is 3.90. The molecule has 1 heterocycles. The zero-order chi connectivity index (χ0) is 14.7. The number of hydrogen-bond donors (Lipinski definition) is 1. The number of rotatable bonds is 4. The molecule has 0 saturated carbocycles. The standard InChI is InChI=1S/C14H16N2O3S/c1-9(13(17)18)10-4-5-11(12(8-10)19-3)15-14-16(2)6-7-20-14/h4-9H,1-3H3,(H,17,18)/b15-14-. The van der Waals surface area contributed by atoms with Crippen LogP contribution in [0.5, 0.6) is 5.75 Å². The number of aryl methyl sites for hydroxylation is 1. The predicted molar refractivity (Wildman–Crippen MR) is 77.6 cm³/mol. The maximum absolute atomic E-state index is 11.0. The lowest BCUT2D eigenvalue weighted by molar-refractivity contribution is -0.138. The van der Waals surface area contributed by atoms with E-state index in [9.17, 15) is 4.79 Å². The van der Waals surface area contributed by atoms with Gasteiger partial charge in [0, 0.05) is 18.6 Å². The third kappa shape index (κ3) is 2.91. The highest BCUT2D eigenvalue weighted by molar-refractivity contribution is 7.07. The summed E-state index contributed by atoms with van der Waals surface area (Å²) in [5.41, 5.74) is 1.38. The summed E-state index contributed by atoms with van der Waals surface area (Å²) in [5, 5.41) is 11.0. The number of hydrogen-bond acceptors (Lipinski definition) is 4. The van der Waals surface area contributed by atoms with E-state index in [1.807, 2.05) is 23.2 Å². The molecular formula is C14H16N2O3S. The minimum absolute atomic E-state index is 0.573. The summed E-state index contributed by atoms with van der Waals surface area (Å²) in [6.45, 7) is 1.65. The zero-order valence-corrected chi connectivity index (χ0v) is 12.3. The van der Waals surface area contributed by atoms with E-state index >= 15 is 0 Å². The van der Waals surface area contributed by atoms with Crippen LogP contribution in [-0.2, 0) is 11.8 Å². The summed E-state index contributed by atoms with van der Waals surface area (Å²) < 4.78 is 7.23. The number of benzene rings is 1. The molecule has 0 bridgehead atoms. The van der Waals surface area contributed by atoms with Gasteiger partial charge >= 0.3 is 5.97 Å². The van der Waals surface area contributed by atoms with Crippen molar-refractivity contribution in [2.45, 2.75) is 12.8 Å². The van der Waals surface area contributed by atoms with Gasteiger partial charge in [0.15, 0.2) is 4.80 Å². The maximum Gasteiger partial charge on any atom is 0.310 e. The molecule has 0 aliphatic rings. The average Bonchev–Trinajstić information content (AvgIpc) is 2.83. The van der Waals surface area contributed by atoms with Crippen molar-refractivity contribution < 1.29 is 14.6 Å². The van der Waals surface area contributed by atoms with E-state index in [1.54, 1.807) is 32.2 Å². The molecule has 106 valence electrons. The Balaban J connectivity index is 2.47. The van der Waals surface area contributed by atoms with Gasteiger partial charge in [0.2, 0.25) is 0 Å². The Kier molecular flexibility index (Phi) is 4.24. The maximum atomic E-state index is 11.0. The van der Waals surface area contributed by atoms with Crippen molar-refractivity contribution in [3.8, 4) is 5.75 Å². The topological polar surface area (TPSA) is 63.8 Å². The fourth-order valence-electron chi connectivity index (χ4n) is 1.74. The molecule has 1 aromatic heterocycles. The van der Waals surface area contributed by atoms with E-state index in [2.05, 4.69) is 4.99 Å². The molecule has 0 amide bonds. The van der Waals surface area contributed by atoms with Gasteiger partial charge in [-0.3, -0.25) is 4.79 Å². The molecule has 20 heavy (non-hydrogen) atoms. The van der Waals surface area contributed by atoms with Gasteiger partial charge in [-0.2, -0.15) is 0 Å². The van der Waals surface area contributed by atoms with Crippen LogP contribution in [0.1, 0.15) is 18.4 Å². The summed E-state index contributed by atoms with van der Waals surface area (Å²) in [4.78, 5) is 16.4. The first-order valence-electron chi connectivity index (χ1n) is 6.08. The second-order valence-electron chi connectivity index (χ2n) is 4.40. The lowest BCUT2D eigenvalue weighted by atomic mass is 10.0. The minimum Gasteiger partial charge on any atom is -0.494 e. The van der Waals surface area contributed by atoms with Crippen molar-refractivity contribution >= 4 is 23.0 Å². The van der Waals surface area contributed by atoms with Gasteiger partial charge in [0.05, 0.1) is 13.0 Å². The molecule has 0 fully saturated rings. The summed E-state index contributed by atoms with van der Waals surface area (Å²) >= 11 is 1.53. The first-order chi connectivity index (χ1) is 9.52. The molecule has 1 atom stereocenters. The Bertz CT molecular complexity index is 688. The SMILES string of the molecule is COc1cc(C(C)C(=O)O)ccc1/N=c1\sccn1C. The number of methoxy groups -OCH3 is 1. The van der Waals surface area contributed by atoms with Crippen molar-refractivity contribution in [1.29, 1.82) is 0 Å². The Morgan fingerprint density at radius 3 is 2.80 bits per heavy atom. The van der Waals surface area contributed by atoms with Gasteiger partial charge in [-0.25, -0.2) is 4.99 Å². The van der Waals surface area contributed by atoms with E-state index < -0.39 is 11.9 Å². The van der Waals surface area contributed by atoms with Crippen LogP contribution in [0.25, 0.3) is 0 Å². The summed E-state index contributed by atoms with van der Waals surface area (Å²) in [6.07, 6.45) is 1.93. The van der Waals surface area contributed by atoms with Gasteiger partial charge in [-0.1, -0.05) is 6.07 Å². The van der Waals surface area contributed by atoms with E-state index in [0.717, 1.165) is 4.80 Å². The van der Waals surface area contributed by atoms with E-state index in [1.165, 1.54) is 11.3 Å². The highest BCUT2D eigenvalue weighted by Gasteiger charge is 2.15. The Hall–Kier alpha value is -2.08. The fraction of sp³-hybridized carbons (Fsp3) is 0.286. The molecule has 1 N–H and O–H groups in total. The molecule has 0 saturated heterocycles. The number of ether oxygens (including phenoxy) is 1. The number of carbonyl (C=O) groups is 1. The van der Waals surface area contributed by atoms with Crippen molar-refractivity contribution in [1.82, 2.24) is 4.57 Å². The van der Waals surface area contributed by atoms with Crippen LogP contribution in [0.2, 0.25) is 0 Å². The van der Waals surface area contributed by atoms with Crippen LogP contribution in [0, 0.1) is 0 Å². The predicted octanol–water partition coefficient (Wildman–Crippen LogP) is 2.52. The van der Waals surface area contributed by atoms with Gasteiger partial charge in [-0.15, -0.1) is 11.3 Å². The summed E-state index contributed by atoms with van der Waals surface area (Å²) in [5.74, 6) is -0.860. The van der Waals surface area contributed by atoms with Crippen molar-refractivity contribution in [3.05, 3.63) is 40.1 Å². The van der Waals surface area contributed by atoms with Crippen LogP contribution < -0.4 is 9.54 Å². The normalized spacial score (nSPS) is 13.2. The molecule has 1 unspecified atom stereocenters. The second-order valence-corrected chi connectivity index (χ2v) is 5.27. The smallest absolute Gasteiger partial charge is 0.310 e. The minimum atomic E-state index is -0.860. The molecule has 0 aliphatic heterocycles. The largest absolute Gasteiger partial charge is 0.494 e. The molecule has 0 radical (unpaired) electrons. The highest BCUT2D eigenvalue weighted by atomic mass is 32.1. The zero-order valence-electron chi connectivity index (χ0n) is 11.5. The van der Waals surface area contributed by atoms with Gasteiger partial charge in [0.1, 0.15) is 11.4 Å². The van der Waals surface area contributed by atoms with Gasteiger partial charge < -0.3 is 14.4 Å². The molecular weight excluding hydrogens is 276 g/mol. The van der Waals surface area contributed by atoms with Gasteiger partial charge in [0.25, 0.3) is 0 Å². The first-order valence-corrected chi connectivity index (χ1v) is 6.96. The van der Waals surface area contributed by atoms with E-state index in [4.69, 9.17) is 9.84 Å². The van der Waals surface area contributed by atoms with Crippen molar-refractivity contribution in [2.75, 3.05) is 7.11 Å². The fourth-order valence-corrected chi connectivity index (χ4v) is 2.48. The molecule has 5 nitrogen and oxygen atoms in total. The Morgan fingerprint density at radius 2 is 2.25 bits per heavy atom. The number of carboxylic acids is 1.